The average molecular weight is 582 g/mol. The number of carbonyl (C=O) groups excluding carboxylic acids is 2. The maximum atomic E-state index is 13.9. The highest BCUT2D eigenvalue weighted by atomic mass is 16.5. The highest BCUT2D eigenvalue weighted by Crippen LogP contribution is 2.42. The first-order valence-corrected chi connectivity index (χ1v) is 16.1. The van der Waals surface area contributed by atoms with Gasteiger partial charge in [0, 0.05) is 38.9 Å². The number of likely N-dealkylation sites (tertiary alicyclic amines) is 1. The molecule has 1 aromatic heterocycles. The van der Waals surface area contributed by atoms with Gasteiger partial charge in [-0.3, -0.25) is 4.79 Å². The summed E-state index contributed by atoms with van der Waals surface area (Å²) in [5, 5.41) is 5.97. The van der Waals surface area contributed by atoms with E-state index in [1.807, 2.05) is 35.4 Å². The molecule has 1 saturated carbocycles. The van der Waals surface area contributed by atoms with E-state index in [-0.39, 0.29) is 17.5 Å². The number of hydrogen-bond acceptors (Lipinski definition) is 5. The number of hydrogen-bond donors (Lipinski definition) is 3. The molecular weight excluding hydrogens is 530 g/mol. The first-order valence-electron chi connectivity index (χ1n) is 16.1. The fourth-order valence-electron chi connectivity index (χ4n) is 6.57. The second kappa shape index (κ2) is 16.5. The topological polar surface area (TPSA) is 109 Å². The van der Waals surface area contributed by atoms with Gasteiger partial charge in [0.05, 0.1) is 24.7 Å². The fourth-order valence-corrected chi connectivity index (χ4v) is 6.57. The normalized spacial score (nSPS) is 17.9. The number of nitrogens with one attached hydrogen (secondary N) is 3. The van der Waals surface area contributed by atoms with Gasteiger partial charge in [-0.05, 0) is 75.0 Å². The van der Waals surface area contributed by atoms with Crippen molar-refractivity contribution in [1.29, 1.82) is 0 Å². The number of urea groups is 1. The van der Waals surface area contributed by atoms with Crippen LogP contribution in [0.25, 0.3) is 0 Å². The van der Waals surface area contributed by atoms with Crippen LogP contribution in [0.5, 0.6) is 5.75 Å². The van der Waals surface area contributed by atoms with Crippen LogP contribution >= 0.6 is 0 Å². The largest absolute Gasteiger partial charge is 0.497 e. The maximum absolute atomic E-state index is 13.9. The number of methoxy groups -OCH3 is 1. The summed E-state index contributed by atoms with van der Waals surface area (Å²) in [5.41, 5.74) is 1.92. The van der Waals surface area contributed by atoms with Crippen LogP contribution in [0.4, 0.5) is 4.79 Å². The molecule has 0 radical (unpaired) electrons. The molecule has 1 saturated heterocycles. The summed E-state index contributed by atoms with van der Waals surface area (Å²) in [4.78, 5) is 36.0. The van der Waals surface area contributed by atoms with E-state index < -0.39 is 6.04 Å². The summed E-state index contributed by atoms with van der Waals surface area (Å²) in [6.07, 6.45) is 16.9. The number of aryl methyl sites for hydroxylation is 1. The molecule has 9 heteroatoms. The van der Waals surface area contributed by atoms with Gasteiger partial charge in [-0.25, -0.2) is 9.78 Å². The minimum Gasteiger partial charge on any atom is -0.497 e. The van der Waals surface area contributed by atoms with Crippen LogP contribution in [0, 0.1) is 5.92 Å². The second-order valence-electron chi connectivity index (χ2n) is 11.9. The zero-order valence-corrected chi connectivity index (χ0v) is 25.7. The SMILES string of the molecule is CCCOC1(C2CCCCC2)CCN(C(=O)[C@@H](Cc2ccc(OC)cc2)NC(=O)NCCCCCc2c[nH]cn2)CC1. The van der Waals surface area contributed by atoms with Crippen molar-refractivity contribution in [2.45, 2.75) is 102 Å². The molecule has 42 heavy (non-hydrogen) atoms. The third kappa shape index (κ3) is 9.21. The van der Waals surface area contributed by atoms with Crippen molar-refractivity contribution in [2.75, 3.05) is 33.4 Å². The summed E-state index contributed by atoms with van der Waals surface area (Å²) in [6, 6.07) is 6.77. The lowest BCUT2D eigenvalue weighted by atomic mass is 9.72. The molecule has 1 aliphatic heterocycles. The highest BCUT2D eigenvalue weighted by molar-refractivity contribution is 5.87. The average Bonchev–Trinajstić information content (AvgIpc) is 3.56. The molecule has 0 unspecified atom stereocenters. The molecule has 2 heterocycles. The molecule has 1 atom stereocenters. The smallest absolute Gasteiger partial charge is 0.315 e. The summed E-state index contributed by atoms with van der Waals surface area (Å²) in [6.45, 7) is 4.83. The number of unbranched alkanes of at least 4 members (excludes halogenated alkanes) is 2. The predicted molar refractivity (Wildman–Crippen MR) is 165 cm³/mol. The Labute approximate surface area is 251 Å². The van der Waals surface area contributed by atoms with E-state index in [0.29, 0.717) is 32.0 Å². The first-order chi connectivity index (χ1) is 20.5. The molecule has 0 spiro atoms. The van der Waals surface area contributed by atoms with Gasteiger partial charge in [-0.1, -0.05) is 44.7 Å². The number of aromatic amines is 1. The molecule has 1 aliphatic carbocycles. The molecule has 2 aliphatic rings. The van der Waals surface area contributed by atoms with E-state index in [1.165, 1.54) is 32.1 Å². The van der Waals surface area contributed by atoms with Crippen LogP contribution in [0.15, 0.2) is 36.8 Å². The number of imidazole rings is 1. The number of rotatable bonds is 15. The number of piperidine rings is 1. The molecule has 2 fully saturated rings. The molecule has 3 amide bonds. The zero-order valence-electron chi connectivity index (χ0n) is 25.7. The standard InChI is InChI=1S/C33H51N5O4/c1-3-22-42-33(27-10-6-4-7-11-27)17-20-38(21-18-33)31(39)30(23-26-13-15-29(41-2)16-14-26)37-32(40)35-19-9-5-8-12-28-24-34-25-36-28/h13-16,24-25,27,30H,3-12,17-23H2,1-2H3,(H,34,36)(H2,35,37,40)/t30-/m1/s1. The molecule has 3 N–H and O–H groups in total. The molecule has 1 aromatic carbocycles. The van der Waals surface area contributed by atoms with Crippen LogP contribution in [0.2, 0.25) is 0 Å². The van der Waals surface area contributed by atoms with Crippen LogP contribution < -0.4 is 15.4 Å². The minimum absolute atomic E-state index is 0.0206. The van der Waals surface area contributed by atoms with Crippen molar-refractivity contribution in [3.05, 3.63) is 48.0 Å². The Morgan fingerprint density at radius 3 is 2.52 bits per heavy atom. The molecule has 9 nitrogen and oxygen atoms in total. The van der Waals surface area contributed by atoms with E-state index in [2.05, 4.69) is 27.5 Å². The Kier molecular flexibility index (Phi) is 12.5. The van der Waals surface area contributed by atoms with Crippen LogP contribution in [-0.4, -0.2) is 71.8 Å². The lowest BCUT2D eigenvalue weighted by molar-refractivity contribution is -0.149. The van der Waals surface area contributed by atoms with Crippen molar-refractivity contribution in [3.8, 4) is 5.75 Å². The van der Waals surface area contributed by atoms with E-state index in [1.54, 1.807) is 13.4 Å². The van der Waals surface area contributed by atoms with Gasteiger partial charge >= 0.3 is 6.03 Å². The van der Waals surface area contributed by atoms with Crippen molar-refractivity contribution in [3.63, 3.8) is 0 Å². The lowest BCUT2D eigenvalue weighted by Crippen LogP contribution is -2.57. The van der Waals surface area contributed by atoms with Gasteiger partial charge in [0.25, 0.3) is 0 Å². The molecule has 232 valence electrons. The van der Waals surface area contributed by atoms with Gasteiger partial charge in [0.15, 0.2) is 0 Å². The van der Waals surface area contributed by atoms with Crippen LogP contribution in [0.1, 0.15) is 88.8 Å². The third-order valence-electron chi connectivity index (χ3n) is 9.02. The van der Waals surface area contributed by atoms with Gasteiger partial charge in [0.2, 0.25) is 5.91 Å². The molecular formula is C33H51N5O4. The zero-order chi connectivity index (χ0) is 29.6. The summed E-state index contributed by atoms with van der Waals surface area (Å²) < 4.78 is 11.9. The van der Waals surface area contributed by atoms with Crippen LogP contribution in [-0.2, 0) is 22.4 Å². The summed E-state index contributed by atoms with van der Waals surface area (Å²) in [5.74, 6) is 1.32. The number of benzene rings is 1. The van der Waals surface area contributed by atoms with Crippen molar-refractivity contribution < 1.29 is 19.1 Å². The van der Waals surface area contributed by atoms with E-state index >= 15 is 0 Å². The molecule has 0 bridgehead atoms. The Hall–Kier alpha value is -3.07. The van der Waals surface area contributed by atoms with E-state index in [9.17, 15) is 9.59 Å². The Balaban J connectivity index is 1.33. The monoisotopic (exact) mass is 581 g/mol. The Morgan fingerprint density at radius 2 is 1.86 bits per heavy atom. The molecule has 2 aromatic rings. The molecule has 4 rings (SSSR count). The van der Waals surface area contributed by atoms with Crippen molar-refractivity contribution in [1.82, 2.24) is 25.5 Å². The predicted octanol–water partition coefficient (Wildman–Crippen LogP) is 5.41. The number of amides is 3. The number of carbonyl (C=O) groups is 2. The van der Waals surface area contributed by atoms with Crippen molar-refractivity contribution in [2.24, 2.45) is 5.92 Å². The summed E-state index contributed by atoms with van der Waals surface area (Å²) in [7, 11) is 1.64. The van der Waals surface area contributed by atoms with Gasteiger partial charge < -0.3 is 30.0 Å². The maximum Gasteiger partial charge on any atom is 0.315 e. The van der Waals surface area contributed by atoms with E-state index in [0.717, 1.165) is 68.6 Å². The number of ether oxygens (including phenoxy) is 2. The Morgan fingerprint density at radius 1 is 1.10 bits per heavy atom. The lowest BCUT2D eigenvalue weighted by Gasteiger charge is -2.48. The fraction of sp³-hybridized carbons (Fsp3) is 0.667. The van der Waals surface area contributed by atoms with Gasteiger partial charge in [-0.15, -0.1) is 0 Å². The van der Waals surface area contributed by atoms with Gasteiger partial charge in [0.1, 0.15) is 11.8 Å². The number of H-pyrrole nitrogens is 1. The highest BCUT2D eigenvalue weighted by Gasteiger charge is 2.44. The number of nitrogens with zero attached hydrogens (tertiary/aromatic N) is 2. The third-order valence-corrected chi connectivity index (χ3v) is 9.02. The number of aromatic nitrogens is 2. The van der Waals surface area contributed by atoms with Crippen molar-refractivity contribution >= 4 is 11.9 Å². The van der Waals surface area contributed by atoms with Crippen LogP contribution in [0.3, 0.4) is 0 Å². The van der Waals surface area contributed by atoms with E-state index in [4.69, 9.17) is 9.47 Å². The van der Waals surface area contributed by atoms with Gasteiger partial charge in [-0.2, -0.15) is 0 Å². The Bertz CT molecular complexity index is 1060. The second-order valence-corrected chi connectivity index (χ2v) is 11.9. The minimum atomic E-state index is -0.642. The summed E-state index contributed by atoms with van der Waals surface area (Å²) >= 11 is 0. The first kappa shape index (κ1) is 31.9. The quantitative estimate of drug-likeness (QED) is 0.244.